The number of hydrogen-bond donors (Lipinski definition) is 0. The van der Waals surface area contributed by atoms with Crippen molar-refractivity contribution >= 4 is 0 Å². The Bertz CT molecular complexity index is 161. The molecule has 0 heterocycles. The van der Waals surface area contributed by atoms with Gasteiger partial charge in [-0.2, -0.15) is 0 Å². The molecule has 0 rings (SSSR count). The Labute approximate surface area is 64.0 Å². The molecule has 0 atom stereocenters. The molecule has 0 aromatic rings. The largest absolute Gasteiger partial charge is 0.115 e. The minimum Gasteiger partial charge on any atom is -0.115 e. The molecule has 0 saturated carbocycles. The van der Waals surface area contributed by atoms with Gasteiger partial charge in [-0.05, 0) is 13.8 Å². The third-order valence-corrected chi connectivity index (χ3v) is 0.898. The molecule has 0 fully saturated rings. The lowest BCUT2D eigenvalue weighted by molar-refractivity contribution is 1.36. The van der Waals surface area contributed by atoms with Crippen molar-refractivity contribution in [3.8, 4) is 12.3 Å². The van der Waals surface area contributed by atoms with Crippen LogP contribution in [0.2, 0.25) is 0 Å². The van der Waals surface area contributed by atoms with Gasteiger partial charge in [0.25, 0.3) is 0 Å². The van der Waals surface area contributed by atoms with E-state index in [0.717, 1.165) is 11.1 Å². The van der Waals surface area contributed by atoms with Gasteiger partial charge in [0.05, 0.1) is 0 Å². The monoisotopic (exact) mass is 134 g/mol. The van der Waals surface area contributed by atoms with Crippen LogP contribution in [0.1, 0.15) is 13.8 Å². The molecule has 0 heteroatoms. The SMILES string of the molecule is C#CC(C=C)=C(C)C.C=C. The van der Waals surface area contributed by atoms with Crippen LogP contribution in [0, 0.1) is 12.3 Å². The molecule has 0 bridgehead atoms. The fraction of sp³-hybridized carbons (Fsp3) is 0.200. The van der Waals surface area contributed by atoms with E-state index in [1.54, 1.807) is 6.08 Å². The molecule has 0 aliphatic rings. The zero-order chi connectivity index (χ0) is 8.57. The zero-order valence-electron chi connectivity index (χ0n) is 6.78. The summed E-state index contributed by atoms with van der Waals surface area (Å²) in [6.45, 7) is 13.5. The molecule has 54 valence electrons. The molecule has 0 nitrogen and oxygen atoms in total. The Morgan fingerprint density at radius 2 is 1.80 bits per heavy atom. The van der Waals surface area contributed by atoms with Crippen molar-refractivity contribution in [3.63, 3.8) is 0 Å². The number of terminal acetylenes is 1. The second kappa shape index (κ2) is 7.78. The number of hydrogen-bond acceptors (Lipinski definition) is 0. The van der Waals surface area contributed by atoms with Gasteiger partial charge in [0.1, 0.15) is 0 Å². The third-order valence-electron chi connectivity index (χ3n) is 0.898. The lowest BCUT2D eigenvalue weighted by Gasteiger charge is -1.89. The van der Waals surface area contributed by atoms with Crippen LogP contribution in [-0.4, -0.2) is 0 Å². The molecular weight excluding hydrogens is 120 g/mol. The minimum atomic E-state index is 0.894. The van der Waals surface area contributed by atoms with Crippen molar-refractivity contribution in [1.29, 1.82) is 0 Å². The normalized spacial score (nSPS) is 6.10. The van der Waals surface area contributed by atoms with Crippen molar-refractivity contribution < 1.29 is 0 Å². The smallest absolute Gasteiger partial charge is 0.0223 e. The summed E-state index contributed by atoms with van der Waals surface area (Å²) in [6, 6.07) is 0. The fourth-order valence-corrected chi connectivity index (χ4v) is 0.407. The van der Waals surface area contributed by atoms with Gasteiger partial charge in [0.2, 0.25) is 0 Å². The lowest BCUT2D eigenvalue weighted by Crippen LogP contribution is -1.73. The summed E-state index contributed by atoms with van der Waals surface area (Å²) in [5, 5.41) is 0. The van der Waals surface area contributed by atoms with Crippen molar-refractivity contribution in [2.75, 3.05) is 0 Å². The van der Waals surface area contributed by atoms with Gasteiger partial charge in [0.15, 0.2) is 0 Å². The molecule has 0 radical (unpaired) electrons. The lowest BCUT2D eigenvalue weighted by atomic mass is 10.2. The molecule has 0 aromatic carbocycles. The second-order valence-corrected chi connectivity index (χ2v) is 1.76. The Morgan fingerprint density at radius 1 is 1.40 bits per heavy atom. The van der Waals surface area contributed by atoms with Gasteiger partial charge < -0.3 is 0 Å². The topological polar surface area (TPSA) is 0 Å². The van der Waals surface area contributed by atoms with Crippen molar-refractivity contribution in [2.24, 2.45) is 0 Å². The summed E-state index contributed by atoms with van der Waals surface area (Å²) in [7, 11) is 0. The molecule has 10 heavy (non-hydrogen) atoms. The zero-order valence-corrected chi connectivity index (χ0v) is 6.78. The summed E-state index contributed by atoms with van der Waals surface area (Å²) in [5.74, 6) is 2.51. The molecular formula is C10H14. The molecule has 0 aliphatic carbocycles. The molecule has 0 unspecified atom stereocenters. The average molecular weight is 134 g/mol. The van der Waals surface area contributed by atoms with E-state index in [-0.39, 0.29) is 0 Å². The number of rotatable bonds is 1. The average Bonchev–Trinajstić information content (AvgIpc) is 1.94. The van der Waals surface area contributed by atoms with Gasteiger partial charge in [-0.25, -0.2) is 0 Å². The highest BCUT2D eigenvalue weighted by atomic mass is 13.9. The molecule has 0 saturated heterocycles. The molecule has 0 aliphatic heterocycles. The first-order valence-electron chi connectivity index (χ1n) is 2.99. The van der Waals surface area contributed by atoms with E-state index >= 15 is 0 Å². The second-order valence-electron chi connectivity index (χ2n) is 1.76. The van der Waals surface area contributed by atoms with Crippen LogP contribution >= 0.6 is 0 Å². The maximum absolute atomic E-state index is 5.11. The summed E-state index contributed by atoms with van der Waals surface area (Å²) < 4.78 is 0. The highest BCUT2D eigenvalue weighted by Gasteiger charge is 1.83. The quantitative estimate of drug-likeness (QED) is 0.294. The van der Waals surface area contributed by atoms with Crippen LogP contribution in [0.15, 0.2) is 37.0 Å². The van der Waals surface area contributed by atoms with E-state index in [1.165, 1.54) is 0 Å². The summed E-state index contributed by atoms with van der Waals surface area (Å²) in [4.78, 5) is 0. The van der Waals surface area contributed by atoms with E-state index in [9.17, 15) is 0 Å². The maximum Gasteiger partial charge on any atom is 0.0223 e. The molecule has 0 amide bonds. The van der Waals surface area contributed by atoms with Crippen LogP contribution in [0.4, 0.5) is 0 Å². The van der Waals surface area contributed by atoms with E-state index in [1.807, 2.05) is 13.8 Å². The highest BCUT2D eigenvalue weighted by molar-refractivity contribution is 5.37. The molecule has 0 aromatic heterocycles. The van der Waals surface area contributed by atoms with Gasteiger partial charge in [0, 0.05) is 5.57 Å². The standard InChI is InChI=1S/C8H10.C2H4/c1-5-8(6-2)7(3)4;1-2/h1,6H,2H2,3-4H3;1-2H2. The highest BCUT2D eigenvalue weighted by Crippen LogP contribution is 2.00. The van der Waals surface area contributed by atoms with E-state index < -0.39 is 0 Å². The van der Waals surface area contributed by atoms with Gasteiger partial charge in [-0.3, -0.25) is 0 Å². The summed E-state index contributed by atoms with van der Waals surface area (Å²) in [6.07, 6.45) is 6.79. The van der Waals surface area contributed by atoms with Crippen LogP contribution in [0.25, 0.3) is 0 Å². The van der Waals surface area contributed by atoms with Crippen LogP contribution in [0.3, 0.4) is 0 Å². The van der Waals surface area contributed by atoms with Crippen molar-refractivity contribution in [1.82, 2.24) is 0 Å². The molecule has 0 N–H and O–H groups in total. The predicted molar refractivity (Wildman–Crippen MR) is 48.7 cm³/mol. The van der Waals surface area contributed by atoms with Gasteiger partial charge >= 0.3 is 0 Å². The van der Waals surface area contributed by atoms with Gasteiger partial charge in [-0.15, -0.1) is 19.6 Å². The fourth-order valence-electron chi connectivity index (χ4n) is 0.407. The maximum atomic E-state index is 5.11. The number of allylic oxidation sites excluding steroid dienone is 3. The first kappa shape index (κ1) is 11.6. The Balaban J connectivity index is 0. The van der Waals surface area contributed by atoms with E-state index in [0.29, 0.717) is 0 Å². The van der Waals surface area contributed by atoms with E-state index in [4.69, 9.17) is 6.42 Å². The van der Waals surface area contributed by atoms with Crippen LogP contribution < -0.4 is 0 Å². The third kappa shape index (κ3) is 4.93. The first-order valence-corrected chi connectivity index (χ1v) is 2.99. The summed E-state index contributed by atoms with van der Waals surface area (Å²) >= 11 is 0. The van der Waals surface area contributed by atoms with Gasteiger partial charge in [-0.1, -0.05) is 24.1 Å². The Hall–Kier alpha value is -1.22. The van der Waals surface area contributed by atoms with Crippen LogP contribution in [-0.2, 0) is 0 Å². The summed E-state index contributed by atoms with van der Waals surface area (Å²) in [5.41, 5.74) is 2.03. The van der Waals surface area contributed by atoms with Crippen LogP contribution in [0.5, 0.6) is 0 Å². The minimum absolute atomic E-state index is 0.894. The van der Waals surface area contributed by atoms with Crippen molar-refractivity contribution in [2.45, 2.75) is 13.8 Å². The molecule has 0 spiro atoms. The predicted octanol–water partition coefficient (Wildman–Crippen LogP) is 2.94. The Morgan fingerprint density at radius 3 is 1.80 bits per heavy atom. The first-order chi connectivity index (χ1) is 4.72. The van der Waals surface area contributed by atoms with E-state index in [2.05, 4.69) is 25.7 Å². The van der Waals surface area contributed by atoms with Crippen molar-refractivity contribution in [3.05, 3.63) is 37.0 Å². The Kier molecular flexibility index (Phi) is 8.99.